The number of rotatable bonds is 7. The summed E-state index contributed by atoms with van der Waals surface area (Å²) in [5, 5.41) is 2.93. The highest BCUT2D eigenvalue weighted by atomic mass is 16.5. The van der Waals surface area contributed by atoms with E-state index >= 15 is 0 Å². The molecule has 1 aliphatic heterocycles. The van der Waals surface area contributed by atoms with E-state index < -0.39 is 12.1 Å². The van der Waals surface area contributed by atoms with Crippen molar-refractivity contribution in [2.24, 2.45) is 5.73 Å². The number of carbonyl (C=O) groups excluding carboxylic acids is 2. The second kappa shape index (κ2) is 7.72. The number of amides is 2. The van der Waals surface area contributed by atoms with Gasteiger partial charge in [0, 0.05) is 26.3 Å². The zero-order valence-electron chi connectivity index (χ0n) is 12.5. The molecule has 0 bridgehead atoms. The fraction of sp³-hybridized carbons (Fsp3) is 0.857. The molecule has 2 amide bonds. The average Bonchev–Trinajstić information content (AvgIpc) is 3.30. The summed E-state index contributed by atoms with van der Waals surface area (Å²) in [6.07, 6.45) is 3.32. The van der Waals surface area contributed by atoms with E-state index in [1.807, 2.05) is 0 Å². The normalized spacial score (nSPS) is 23.7. The number of hydrogen-bond acceptors (Lipinski definition) is 5. The second-order valence-corrected chi connectivity index (χ2v) is 5.65. The number of ether oxygens (including phenoxy) is 2. The number of carbonyl (C=O) groups is 2. The minimum atomic E-state index is -0.588. The number of morpholine rings is 1. The lowest BCUT2D eigenvalue weighted by atomic mass is 10.1. The number of hydrogen-bond donors (Lipinski definition) is 2. The lowest BCUT2D eigenvalue weighted by Crippen LogP contribution is -2.59. The molecule has 2 rings (SSSR count). The van der Waals surface area contributed by atoms with Crippen LogP contribution in [0.1, 0.15) is 25.7 Å². The van der Waals surface area contributed by atoms with E-state index in [2.05, 4.69) is 5.32 Å². The van der Waals surface area contributed by atoms with Gasteiger partial charge in [0.1, 0.15) is 6.04 Å². The van der Waals surface area contributed by atoms with Gasteiger partial charge in [-0.2, -0.15) is 0 Å². The van der Waals surface area contributed by atoms with E-state index in [-0.39, 0.29) is 24.5 Å². The van der Waals surface area contributed by atoms with E-state index in [1.165, 1.54) is 0 Å². The Hall–Kier alpha value is -1.18. The Kier molecular flexibility index (Phi) is 5.96. The van der Waals surface area contributed by atoms with Gasteiger partial charge in [0.25, 0.3) is 0 Å². The van der Waals surface area contributed by atoms with Crippen LogP contribution in [-0.2, 0) is 19.1 Å². The van der Waals surface area contributed by atoms with Crippen LogP contribution in [-0.4, -0.2) is 68.3 Å². The van der Waals surface area contributed by atoms with Crippen molar-refractivity contribution in [3.63, 3.8) is 0 Å². The Morgan fingerprint density at radius 1 is 1.48 bits per heavy atom. The highest BCUT2D eigenvalue weighted by molar-refractivity contribution is 5.90. The molecular weight excluding hydrogens is 274 g/mol. The van der Waals surface area contributed by atoms with Crippen molar-refractivity contribution >= 4 is 11.8 Å². The van der Waals surface area contributed by atoms with Crippen LogP contribution in [0.2, 0.25) is 0 Å². The summed E-state index contributed by atoms with van der Waals surface area (Å²) in [5.74, 6) is -0.306. The standard InChI is InChI=1S/C14H25N3O4/c1-20-7-2-3-11(15)14(19)17-6-8-21-9-12(17)13(18)16-10-4-5-10/h10-12H,2-9,15H2,1H3,(H,16,18). The van der Waals surface area contributed by atoms with Crippen LogP contribution in [0.25, 0.3) is 0 Å². The number of nitrogens with zero attached hydrogens (tertiary/aromatic N) is 1. The summed E-state index contributed by atoms with van der Waals surface area (Å²) in [6.45, 7) is 1.69. The maximum Gasteiger partial charge on any atom is 0.245 e. The fourth-order valence-corrected chi connectivity index (χ4v) is 2.39. The molecular formula is C14H25N3O4. The molecule has 0 spiro atoms. The minimum Gasteiger partial charge on any atom is -0.385 e. The van der Waals surface area contributed by atoms with Crippen molar-refractivity contribution in [1.29, 1.82) is 0 Å². The molecule has 1 saturated carbocycles. The molecule has 7 heteroatoms. The van der Waals surface area contributed by atoms with Gasteiger partial charge in [-0.3, -0.25) is 9.59 Å². The van der Waals surface area contributed by atoms with Gasteiger partial charge in [-0.1, -0.05) is 0 Å². The lowest BCUT2D eigenvalue weighted by molar-refractivity contribution is -0.149. The first-order valence-corrected chi connectivity index (χ1v) is 7.56. The molecule has 3 N–H and O–H groups in total. The van der Waals surface area contributed by atoms with Crippen LogP contribution in [0.3, 0.4) is 0 Å². The first-order chi connectivity index (χ1) is 10.1. The van der Waals surface area contributed by atoms with Crippen LogP contribution in [0, 0.1) is 0 Å². The van der Waals surface area contributed by atoms with Gasteiger partial charge in [0.15, 0.2) is 0 Å². The van der Waals surface area contributed by atoms with Gasteiger partial charge in [0.2, 0.25) is 11.8 Å². The van der Waals surface area contributed by atoms with Gasteiger partial charge >= 0.3 is 0 Å². The van der Waals surface area contributed by atoms with Crippen LogP contribution < -0.4 is 11.1 Å². The van der Waals surface area contributed by atoms with Crippen LogP contribution in [0.4, 0.5) is 0 Å². The summed E-state index contributed by atoms with van der Waals surface area (Å²) in [6, 6.07) is -0.874. The highest BCUT2D eigenvalue weighted by Crippen LogP contribution is 2.20. The third-order valence-corrected chi connectivity index (χ3v) is 3.82. The Balaban J connectivity index is 1.89. The van der Waals surface area contributed by atoms with Gasteiger partial charge in [-0.05, 0) is 25.7 Å². The Bertz CT molecular complexity index is 373. The van der Waals surface area contributed by atoms with Crippen molar-refractivity contribution in [1.82, 2.24) is 10.2 Å². The highest BCUT2D eigenvalue weighted by Gasteiger charge is 2.36. The predicted molar refractivity (Wildman–Crippen MR) is 76.6 cm³/mol. The topological polar surface area (TPSA) is 93.9 Å². The SMILES string of the molecule is COCCCC(N)C(=O)N1CCOCC1C(=O)NC1CC1. The molecule has 2 atom stereocenters. The number of methoxy groups -OCH3 is 1. The largest absolute Gasteiger partial charge is 0.385 e. The lowest BCUT2D eigenvalue weighted by Gasteiger charge is -2.36. The Labute approximate surface area is 125 Å². The van der Waals surface area contributed by atoms with E-state index in [0.29, 0.717) is 26.2 Å². The summed E-state index contributed by atoms with van der Waals surface area (Å²) >= 11 is 0. The minimum absolute atomic E-state index is 0.130. The molecule has 1 heterocycles. The van der Waals surface area contributed by atoms with E-state index in [4.69, 9.17) is 15.2 Å². The van der Waals surface area contributed by atoms with Crippen LogP contribution >= 0.6 is 0 Å². The molecule has 7 nitrogen and oxygen atoms in total. The monoisotopic (exact) mass is 299 g/mol. The summed E-state index contributed by atoms with van der Waals surface area (Å²) < 4.78 is 10.3. The first kappa shape index (κ1) is 16.2. The Morgan fingerprint density at radius 2 is 2.24 bits per heavy atom. The third-order valence-electron chi connectivity index (χ3n) is 3.82. The van der Waals surface area contributed by atoms with E-state index in [0.717, 1.165) is 19.3 Å². The molecule has 1 aliphatic carbocycles. The predicted octanol–water partition coefficient (Wildman–Crippen LogP) is -0.754. The molecule has 120 valence electrons. The number of nitrogens with one attached hydrogen (secondary N) is 1. The van der Waals surface area contributed by atoms with Crippen molar-refractivity contribution in [3.8, 4) is 0 Å². The summed E-state index contributed by atoms with van der Waals surface area (Å²) in [5.41, 5.74) is 5.95. The van der Waals surface area contributed by atoms with Gasteiger partial charge in [-0.25, -0.2) is 0 Å². The molecule has 0 aromatic rings. The molecule has 0 aromatic carbocycles. The number of nitrogens with two attached hydrogens (primary N) is 1. The van der Waals surface area contributed by atoms with E-state index in [1.54, 1.807) is 12.0 Å². The summed E-state index contributed by atoms with van der Waals surface area (Å²) in [4.78, 5) is 26.2. The third kappa shape index (κ3) is 4.66. The van der Waals surface area contributed by atoms with Crippen molar-refractivity contribution < 1.29 is 19.1 Å². The maximum absolute atomic E-state index is 12.4. The zero-order chi connectivity index (χ0) is 15.2. The smallest absolute Gasteiger partial charge is 0.245 e. The van der Waals surface area contributed by atoms with Gasteiger partial charge in [-0.15, -0.1) is 0 Å². The molecule has 2 fully saturated rings. The van der Waals surface area contributed by atoms with E-state index in [9.17, 15) is 9.59 Å². The zero-order valence-corrected chi connectivity index (χ0v) is 12.5. The molecule has 2 aliphatic rings. The molecule has 0 aromatic heterocycles. The Morgan fingerprint density at radius 3 is 2.90 bits per heavy atom. The van der Waals surface area contributed by atoms with Crippen molar-refractivity contribution in [3.05, 3.63) is 0 Å². The summed E-state index contributed by atoms with van der Waals surface area (Å²) in [7, 11) is 1.62. The maximum atomic E-state index is 12.4. The van der Waals surface area contributed by atoms with Gasteiger partial charge < -0.3 is 25.4 Å². The van der Waals surface area contributed by atoms with Crippen molar-refractivity contribution in [2.45, 2.75) is 43.8 Å². The quantitative estimate of drug-likeness (QED) is 0.603. The molecule has 21 heavy (non-hydrogen) atoms. The first-order valence-electron chi connectivity index (χ1n) is 7.56. The van der Waals surface area contributed by atoms with Crippen molar-refractivity contribution in [2.75, 3.05) is 33.5 Å². The fourth-order valence-electron chi connectivity index (χ4n) is 2.39. The second-order valence-electron chi connectivity index (χ2n) is 5.65. The molecule has 2 unspecified atom stereocenters. The van der Waals surface area contributed by atoms with Crippen LogP contribution in [0.5, 0.6) is 0 Å². The van der Waals surface area contributed by atoms with Gasteiger partial charge in [0.05, 0.1) is 19.3 Å². The van der Waals surface area contributed by atoms with Crippen LogP contribution in [0.15, 0.2) is 0 Å². The molecule has 1 saturated heterocycles. The molecule has 0 radical (unpaired) electrons. The average molecular weight is 299 g/mol.